The molecule has 0 saturated heterocycles. The molecule has 2 nitrogen and oxygen atoms in total. The predicted octanol–water partition coefficient (Wildman–Crippen LogP) is 3.58. The van der Waals surface area contributed by atoms with Gasteiger partial charge in [0.2, 0.25) is 0 Å². The maximum Gasteiger partial charge on any atom is 0.0499 e. The van der Waals surface area contributed by atoms with Gasteiger partial charge in [0.15, 0.2) is 0 Å². The molecule has 3 rings (SSSR count). The molecule has 0 saturated carbocycles. The molecule has 90 valence electrons. The highest BCUT2D eigenvalue weighted by atomic mass is 15.0. The van der Waals surface area contributed by atoms with Crippen LogP contribution in [0.15, 0.2) is 54.6 Å². The average molecular weight is 236 g/mol. The number of aryl methyl sites for hydroxylation is 1. The van der Waals surface area contributed by atoms with Crippen LogP contribution in [0.4, 0.5) is 5.69 Å². The first-order valence-corrected chi connectivity index (χ1v) is 6.14. The molecular weight excluding hydrogens is 220 g/mol. The average Bonchev–Trinajstić information content (AvgIpc) is 2.69. The van der Waals surface area contributed by atoms with Gasteiger partial charge in [-0.25, -0.2) is 0 Å². The number of benzene rings is 2. The van der Waals surface area contributed by atoms with Gasteiger partial charge >= 0.3 is 0 Å². The molecule has 3 aromatic rings. The Morgan fingerprint density at radius 1 is 1.00 bits per heavy atom. The second kappa shape index (κ2) is 4.22. The van der Waals surface area contributed by atoms with Gasteiger partial charge in [-0.05, 0) is 36.1 Å². The van der Waals surface area contributed by atoms with Crippen molar-refractivity contribution in [1.82, 2.24) is 4.57 Å². The van der Waals surface area contributed by atoms with E-state index >= 15 is 0 Å². The standard InChI is InChI=1S/C16H16N2/c1-12-10-13-6-3-5-9-16(13)18(12)11-14-7-2-4-8-15(14)17/h2-10H,11,17H2,1H3. The number of hydrogen-bond donors (Lipinski definition) is 1. The van der Waals surface area contributed by atoms with Gasteiger partial charge in [-0.1, -0.05) is 36.4 Å². The fraction of sp³-hybridized carbons (Fsp3) is 0.125. The molecule has 0 unspecified atom stereocenters. The molecule has 0 atom stereocenters. The largest absolute Gasteiger partial charge is 0.398 e. The summed E-state index contributed by atoms with van der Waals surface area (Å²) < 4.78 is 2.31. The molecule has 0 radical (unpaired) electrons. The van der Waals surface area contributed by atoms with Gasteiger partial charge in [0, 0.05) is 23.4 Å². The molecule has 0 bridgehead atoms. The van der Waals surface area contributed by atoms with Gasteiger partial charge in [0.25, 0.3) is 0 Å². The quantitative estimate of drug-likeness (QED) is 0.677. The number of hydrogen-bond acceptors (Lipinski definition) is 1. The summed E-state index contributed by atoms with van der Waals surface area (Å²) in [5.41, 5.74) is 10.6. The van der Waals surface area contributed by atoms with Crippen molar-refractivity contribution in [2.45, 2.75) is 13.5 Å². The summed E-state index contributed by atoms with van der Waals surface area (Å²) in [4.78, 5) is 0. The summed E-state index contributed by atoms with van der Waals surface area (Å²) in [6, 6.07) is 18.7. The van der Waals surface area contributed by atoms with E-state index in [-0.39, 0.29) is 0 Å². The van der Waals surface area contributed by atoms with Crippen LogP contribution in [0.25, 0.3) is 10.9 Å². The molecule has 0 fully saturated rings. The lowest BCUT2D eigenvalue weighted by Crippen LogP contribution is -2.04. The Morgan fingerprint density at radius 3 is 2.56 bits per heavy atom. The molecule has 0 amide bonds. The molecule has 2 N–H and O–H groups in total. The second-order valence-corrected chi connectivity index (χ2v) is 4.63. The summed E-state index contributed by atoms with van der Waals surface area (Å²) >= 11 is 0. The van der Waals surface area contributed by atoms with Crippen LogP contribution in [0.2, 0.25) is 0 Å². The zero-order valence-electron chi connectivity index (χ0n) is 10.4. The minimum absolute atomic E-state index is 0.825. The topological polar surface area (TPSA) is 30.9 Å². The summed E-state index contributed by atoms with van der Waals surface area (Å²) in [7, 11) is 0. The second-order valence-electron chi connectivity index (χ2n) is 4.63. The van der Waals surface area contributed by atoms with Crippen molar-refractivity contribution in [3.63, 3.8) is 0 Å². The van der Waals surface area contributed by atoms with Gasteiger partial charge in [0.05, 0.1) is 0 Å². The van der Waals surface area contributed by atoms with E-state index in [4.69, 9.17) is 5.73 Å². The molecular formula is C16H16N2. The number of nitrogen functional groups attached to an aromatic ring is 1. The first-order valence-electron chi connectivity index (χ1n) is 6.14. The Morgan fingerprint density at radius 2 is 1.72 bits per heavy atom. The first kappa shape index (κ1) is 10.9. The first-order chi connectivity index (χ1) is 8.75. The summed E-state index contributed by atoms with van der Waals surface area (Å²) in [6.45, 7) is 2.96. The van der Waals surface area contributed by atoms with Gasteiger partial charge in [0.1, 0.15) is 0 Å². The maximum absolute atomic E-state index is 6.02. The van der Waals surface area contributed by atoms with Crippen LogP contribution in [-0.2, 0) is 6.54 Å². The van der Waals surface area contributed by atoms with E-state index in [1.807, 2.05) is 18.2 Å². The minimum atomic E-state index is 0.825. The van der Waals surface area contributed by atoms with E-state index in [2.05, 4.69) is 47.9 Å². The highest BCUT2D eigenvalue weighted by Gasteiger charge is 2.06. The Hall–Kier alpha value is -2.22. The van der Waals surface area contributed by atoms with E-state index in [9.17, 15) is 0 Å². The van der Waals surface area contributed by atoms with Crippen LogP contribution < -0.4 is 5.73 Å². The fourth-order valence-corrected chi connectivity index (χ4v) is 2.41. The molecule has 0 aliphatic carbocycles. The number of nitrogens with two attached hydrogens (primary N) is 1. The Balaban J connectivity index is 2.10. The van der Waals surface area contributed by atoms with Crippen molar-refractivity contribution in [2.75, 3.05) is 5.73 Å². The maximum atomic E-state index is 6.02. The van der Waals surface area contributed by atoms with Gasteiger partial charge < -0.3 is 10.3 Å². The monoisotopic (exact) mass is 236 g/mol. The van der Waals surface area contributed by atoms with Gasteiger partial charge in [-0.2, -0.15) is 0 Å². The number of anilines is 1. The zero-order chi connectivity index (χ0) is 12.5. The highest BCUT2D eigenvalue weighted by molar-refractivity contribution is 5.81. The summed E-state index contributed by atoms with van der Waals surface area (Å²) in [5.74, 6) is 0. The van der Waals surface area contributed by atoms with E-state index in [1.54, 1.807) is 0 Å². The Bertz CT molecular complexity index is 695. The third-order valence-electron chi connectivity index (χ3n) is 3.40. The lowest BCUT2D eigenvalue weighted by Gasteiger charge is -2.10. The van der Waals surface area contributed by atoms with E-state index in [1.165, 1.54) is 22.2 Å². The van der Waals surface area contributed by atoms with Crippen LogP contribution in [0.3, 0.4) is 0 Å². The zero-order valence-corrected chi connectivity index (χ0v) is 10.4. The Kier molecular flexibility index (Phi) is 2.56. The fourth-order valence-electron chi connectivity index (χ4n) is 2.41. The van der Waals surface area contributed by atoms with Crippen LogP contribution in [-0.4, -0.2) is 4.57 Å². The highest BCUT2D eigenvalue weighted by Crippen LogP contribution is 2.22. The molecule has 0 aliphatic rings. The van der Waals surface area contributed by atoms with E-state index in [0.29, 0.717) is 0 Å². The smallest absolute Gasteiger partial charge is 0.0499 e. The lowest BCUT2D eigenvalue weighted by atomic mass is 10.2. The van der Waals surface area contributed by atoms with Crippen LogP contribution in [0.1, 0.15) is 11.3 Å². The van der Waals surface area contributed by atoms with Crippen molar-refractivity contribution in [2.24, 2.45) is 0 Å². The molecule has 2 aromatic carbocycles. The number of aromatic nitrogens is 1. The third kappa shape index (κ3) is 1.76. The minimum Gasteiger partial charge on any atom is -0.398 e. The molecule has 18 heavy (non-hydrogen) atoms. The van der Waals surface area contributed by atoms with Crippen LogP contribution in [0.5, 0.6) is 0 Å². The predicted molar refractivity (Wildman–Crippen MR) is 76.6 cm³/mol. The number of para-hydroxylation sites is 2. The van der Waals surface area contributed by atoms with Crippen molar-refractivity contribution in [3.8, 4) is 0 Å². The molecule has 2 heteroatoms. The van der Waals surface area contributed by atoms with Crippen molar-refractivity contribution in [3.05, 3.63) is 65.9 Å². The number of nitrogens with zero attached hydrogens (tertiary/aromatic N) is 1. The number of fused-ring (bicyclic) bond motifs is 1. The van der Waals surface area contributed by atoms with E-state index in [0.717, 1.165) is 12.2 Å². The Labute approximate surface area is 107 Å². The van der Waals surface area contributed by atoms with Crippen molar-refractivity contribution in [1.29, 1.82) is 0 Å². The molecule has 0 spiro atoms. The van der Waals surface area contributed by atoms with E-state index < -0.39 is 0 Å². The van der Waals surface area contributed by atoms with Crippen LogP contribution in [0, 0.1) is 6.92 Å². The SMILES string of the molecule is Cc1cc2ccccc2n1Cc1ccccc1N. The summed E-state index contributed by atoms with van der Waals surface area (Å²) in [6.07, 6.45) is 0. The molecule has 0 aliphatic heterocycles. The van der Waals surface area contributed by atoms with Gasteiger partial charge in [-0.15, -0.1) is 0 Å². The molecule has 1 aromatic heterocycles. The lowest BCUT2D eigenvalue weighted by molar-refractivity contribution is 0.807. The van der Waals surface area contributed by atoms with Crippen molar-refractivity contribution < 1.29 is 0 Å². The summed E-state index contributed by atoms with van der Waals surface area (Å²) in [5, 5.41) is 1.28. The normalized spacial score (nSPS) is 10.9. The van der Waals surface area contributed by atoms with Gasteiger partial charge in [-0.3, -0.25) is 0 Å². The molecule has 1 heterocycles. The number of rotatable bonds is 2. The van der Waals surface area contributed by atoms with Crippen LogP contribution >= 0.6 is 0 Å². The third-order valence-corrected chi connectivity index (χ3v) is 3.40. The van der Waals surface area contributed by atoms with Crippen molar-refractivity contribution >= 4 is 16.6 Å².